The van der Waals surface area contributed by atoms with Gasteiger partial charge in [-0.15, -0.1) is 0 Å². The lowest BCUT2D eigenvalue weighted by Gasteiger charge is -2.29. The van der Waals surface area contributed by atoms with Crippen molar-refractivity contribution in [3.8, 4) is 5.82 Å². The second kappa shape index (κ2) is 8.60. The van der Waals surface area contributed by atoms with E-state index in [1.807, 2.05) is 31.2 Å². The van der Waals surface area contributed by atoms with Gasteiger partial charge in [-0.25, -0.2) is 18.4 Å². The molecule has 2 aromatic heterocycles. The van der Waals surface area contributed by atoms with E-state index in [0.29, 0.717) is 24.8 Å². The third kappa shape index (κ3) is 4.52. The lowest BCUT2D eigenvalue weighted by molar-refractivity contribution is 0.102. The fourth-order valence-corrected chi connectivity index (χ4v) is 5.20. The number of anilines is 1. The van der Waals surface area contributed by atoms with E-state index >= 15 is 0 Å². The molecule has 0 saturated carbocycles. The van der Waals surface area contributed by atoms with Crippen molar-refractivity contribution in [3.63, 3.8) is 0 Å². The van der Waals surface area contributed by atoms with Gasteiger partial charge in [0.15, 0.2) is 0 Å². The van der Waals surface area contributed by atoms with Gasteiger partial charge in [-0.05, 0) is 49.4 Å². The summed E-state index contributed by atoms with van der Waals surface area (Å²) in [4.78, 5) is 21.1. The minimum Gasteiger partial charge on any atom is -0.320 e. The van der Waals surface area contributed by atoms with Crippen molar-refractivity contribution in [1.29, 1.82) is 0 Å². The normalized spacial score (nSPS) is 17.4. The zero-order valence-electron chi connectivity index (χ0n) is 17.5. The molecule has 0 unspecified atom stereocenters. The van der Waals surface area contributed by atoms with Crippen LogP contribution in [0, 0.1) is 12.8 Å². The van der Waals surface area contributed by atoms with Crippen molar-refractivity contribution in [2.75, 3.05) is 18.4 Å². The lowest BCUT2D eigenvalue weighted by Crippen LogP contribution is -2.39. The molecule has 3 aromatic rings. The number of hydrogen-bond donors (Lipinski definition) is 1. The van der Waals surface area contributed by atoms with Crippen LogP contribution in [0.15, 0.2) is 60.0 Å². The van der Waals surface area contributed by atoms with E-state index in [-0.39, 0.29) is 16.5 Å². The molecule has 1 saturated heterocycles. The van der Waals surface area contributed by atoms with Gasteiger partial charge in [0.2, 0.25) is 10.0 Å². The summed E-state index contributed by atoms with van der Waals surface area (Å²) >= 11 is 0. The maximum absolute atomic E-state index is 12.9. The SMILES string of the molecule is Cc1ccccc1NC(=O)c1cn(-c2ccc(S(=O)(=O)N3CCC[C@@H](C)C3)cn2)cn1. The molecule has 162 valence electrons. The molecular weight excluding hydrogens is 414 g/mol. The molecule has 9 heteroatoms. The fraction of sp³-hybridized carbons (Fsp3) is 0.318. The number of imidazole rings is 1. The first-order chi connectivity index (χ1) is 14.8. The number of carbonyl (C=O) groups excluding carboxylic acids is 1. The van der Waals surface area contributed by atoms with Crippen molar-refractivity contribution in [3.05, 3.63) is 66.4 Å². The number of benzene rings is 1. The largest absolute Gasteiger partial charge is 0.320 e. The van der Waals surface area contributed by atoms with Crippen LogP contribution in [0.1, 0.15) is 35.8 Å². The van der Waals surface area contributed by atoms with E-state index in [1.165, 1.54) is 16.8 Å². The molecule has 0 spiro atoms. The topological polar surface area (TPSA) is 97.2 Å². The molecule has 1 amide bonds. The number of para-hydroxylation sites is 1. The van der Waals surface area contributed by atoms with Gasteiger partial charge in [-0.3, -0.25) is 9.36 Å². The molecule has 8 nitrogen and oxygen atoms in total. The zero-order valence-corrected chi connectivity index (χ0v) is 18.3. The van der Waals surface area contributed by atoms with Gasteiger partial charge >= 0.3 is 0 Å². The molecule has 0 radical (unpaired) electrons. The van der Waals surface area contributed by atoms with Crippen molar-refractivity contribution in [2.24, 2.45) is 5.92 Å². The second-order valence-electron chi connectivity index (χ2n) is 7.90. The van der Waals surface area contributed by atoms with Crippen LogP contribution in [0.3, 0.4) is 0 Å². The molecule has 1 atom stereocenters. The molecule has 31 heavy (non-hydrogen) atoms. The fourth-order valence-electron chi connectivity index (χ4n) is 3.66. The van der Waals surface area contributed by atoms with Crippen molar-refractivity contribution in [1.82, 2.24) is 18.8 Å². The highest BCUT2D eigenvalue weighted by atomic mass is 32.2. The van der Waals surface area contributed by atoms with Crippen molar-refractivity contribution >= 4 is 21.6 Å². The van der Waals surface area contributed by atoms with Crippen LogP contribution in [0.5, 0.6) is 0 Å². The maximum atomic E-state index is 12.9. The Hall–Kier alpha value is -3.04. The Morgan fingerprint density at radius 2 is 1.97 bits per heavy atom. The molecule has 1 aliphatic heterocycles. The van der Waals surface area contributed by atoms with Crippen LogP contribution in [-0.2, 0) is 10.0 Å². The summed E-state index contributed by atoms with van der Waals surface area (Å²) in [6.07, 6.45) is 6.32. The number of sulfonamides is 1. The summed E-state index contributed by atoms with van der Waals surface area (Å²) in [5, 5.41) is 2.84. The smallest absolute Gasteiger partial charge is 0.275 e. The highest BCUT2D eigenvalue weighted by Crippen LogP contribution is 2.23. The Morgan fingerprint density at radius 1 is 1.16 bits per heavy atom. The average molecular weight is 440 g/mol. The number of carbonyl (C=O) groups is 1. The number of aromatic nitrogens is 3. The van der Waals surface area contributed by atoms with Gasteiger partial charge in [0.05, 0.1) is 0 Å². The zero-order chi connectivity index (χ0) is 22.0. The van der Waals surface area contributed by atoms with Crippen LogP contribution >= 0.6 is 0 Å². The van der Waals surface area contributed by atoms with Crippen LogP contribution < -0.4 is 5.32 Å². The van der Waals surface area contributed by atoms with Crippen LogP contribution in [0.25, 0.3) is 5.82 Å². The predicted molar refractivity (Wildman–Crippen MR) is 118 cm³/mol. The quantitative estimate of drug-likeness (QED) is 0.658. The van der Waals surface area contributed by atoms with Gasteiger partial charge in [0, 0.05) is 31.2 Å². The van der Waals surface area contributed by atoms with Gasteiger partial charge in [-0.1, -0.05) is 25.1 Å². The lowest BCUT2D eigenvalue weighted by atomic mass is 10.0. The summed E-state index contributed by atoms with van der Waals surface area (Å²) in [5.74, 6) is 0.505. The van der Waals surface area contributed by atoms with Crippen LogP contribution in [-0.4, -0.2) is 46.3 Å². The minimum atomic E-state index is -3.56. The Balaban J connectivity index is 1.49. The van der Waals surface area contributed by atoms with Gasteiger partial charge in [0.25, 0.3) is 5.91 Å². The van der Waals surface area contributed by atoms with Gasteiger partial charge < -0.3 is 5.32 Å². The Morgan fingerprint density at radius 3 is 2.68 bits per heavy atom. The standard InChI is InChI=1S/C22H25N5O3S/c1-16-6-5-11-27(13-16)31(29,30)18-9-10-21(23-12-18)26-14-20(24-15-26)22(28)25-19-8-4-3-7-17(19)2/h3-4,7-10,12,14-16H,5-6,11,13H2,1-2H3,(H,25,28)/t16-/m1/s1. The van der Waals surface area contributed by atoms with Gasteiger partial charge in [-0.2, -0.15) is 4.31 Å². The molecule has 4 rings (SSSR count). The third-order valence-corrected chi connectivity index (χ3v) is 7.30. The summed E-state index contributed by atoms with van der Waals surface area (Å²) in [6, 6.07) is 10.7. The summed E-state index contributed by atoms with van der Waals surface area (Å²) in [5.41, 5.74) is 1.92. The first-order valence-electron chi connectivity index (χ1n) is 10.2. The third-order valence-electron chi connectivity index (χ3n) is 5.45. The first-order valence-corrected chi connectivity index (χ1v) is 11.7. The molecule has 1 N–H and O–H groups in total. The minimum absolute atomic E-state index is 0.169. The molecular formula is C22H25N5O3S. The monoisotopic (exact) mass is 439 g/mol. The molecule has 1 fully saturated rings. The number of hydrogen-bond acceptors (Lipinski definition) is 5. The number of rotatable bonds is 5. The number of amides is 1. The first kappa shape index (κ1) is 21.2. The molecule has 1 aliphatic rings. The number of nitrogens with one attached hydrogen (secondary N) is 1. The summed E-state index contributed by atoms with van der Waals surface area (Å²) in [6.45, 7) is 5.05. The molecule has 3 heterocycles. The van der Waals surface area contributed by atoms with Crippen LogP contribution in [0.4, 0.5) is 5.69 Å². The Kier molecular flexibility index (Phi) is 5.88. The van der Waals surface area contributed by atoms with E-state index in [2.05, 4.69) is 22.2 Å². The number of piperidine rings is 1. The van der Waals surface area contributed by atoms with E-state index in [1.54, 1.807) is 22.9 Å². The summed E-state index contributed by atoms with van der Waals surface area (Å²) < 4.78 is 28.9. The van der Waals surface area contributed by atoms with Crippen molar-refractivity contribution in [2.45, 2.75) is 31.6 Å². The maximum Gasteiger partial charge on any atom is 0.275 e. The van der Waals surface area contributed by atoms with Crippen LogP contribution in [0.2, 0.25) is 0 Å². The second-order valence-corrected chi connectivity index (χ2v) is 9.84. The van der Waals surface area contributed by atoms with Gasteiger partial charge in [0.1, 0.15) is 22.7 Å². The molecule has 1 aromatic carbocycles. The van der Waals surface area contributed by atoms with E-state index in [4.69, 9.17) is 0 Å². The Bertz CT molecular complexity index is 1190. The van der Waals surface area contributed by atoms with E-state index < -0.39 is 10.0 Å². The number of nitrogens with zero attached hydrogens (tertiary/aromatic N) is 4. The number of pyridine rings is 1. The van der Waals surface area contributed by atoms with E-state index in [0.717, 1.165) is 24.1 Å². The van der Waals surface area contributed by atoms with E-state index in [9.17, 15) is 13.2 Å². The number of aryl methyl sites for hydroxylation is 1. The summed E-state index contributed by atoms with van der Waals surface area (Å²) in [7, 11) is -3.56. The highest BCUT2D eigenvalue weighted by molar-refractivity contribution is 7.89. The predicted octanol–water partition coefficient (Wildman–Crippen LogP) is 3.25. The van der Waals surface area contributed by atoms with Crippen molar-refractivity contribution < 1.29 is 13.2 Å². The molecule has 0 aliphatic carbocycles. The Labute approximate surface area is 182 Å². The highest BCUT2D eigenvalue weighted by Gasteiger charge is 2.28. The molecule has 0 bridgehead atoms. The average Bonchev–Trinajstić information content (AvgIpc) is 3.26.